The fourth-order valence-electron chi connectivity index (χ4n) is 3.05. The first-order valence-electron chi connectivity index (χ1n) is 7.19. The number of hydrogen-bond donors (Lipinski definition) is 2. The third kappa shape index (κ3) is 2.76. The summed E-state index contributed by atoms with van der Waals surface area (Å²) in [5.74, 6) is -1.02. The number of likely N-dealkylation sites (tertiary alicyclic amines) is 1. The van der Waals surface area contributed by atoms with Gasteiger partial charge in [-0.25, -0.2) is 9.48 Å². The lowest BCUT2D eigenvalue weighted by Gasteiger charge is -2.40. The number of carboxylic acid groups (broad SMARTS) is 1. The number of carbonyl (C=O) groups excluding carboxylic acids is 1. The number of nitrogens with zero attached hydrogens (tertiary/aromatic N) is 4. The minimum absolute atomic E-state index is 0.00634. The Labute approximate surface area is 121 Å². The number of rotatable bonds is 4. The van der Waals surface area contributed by atoms with Crippen molar-refractivity contribution in [3.63, 3.8) is 0 Å². The van der Waals surface area contributed by atoms with Crippen LogP contribution in [-0.4, -0.2) is 55.5 Å². The van der Waals surface area contributed by atoms with Crippen molar-refractivity contribution in [2.45, 2.75) is 43.7 Å². The largest absolute Gasteiger partial charge is 0.476 e. The van der Waals surface area contributed by atoms with Crippen LogP contribution in [0.1, 0.15) is 48.6 Å². The van der Waals surface area contributed by atoms with Crippen LogP contribution in [0.5, 0.6) is 0 Å². The van der Waals surface area contributed by atoms with E-state index in [-0.39, 0.29) is 23.2 Å². The normalized spacial score (nSPS) is 21.3. The van der Waals surface area contributed by atoms with Crippen LogP contribution < -0.4 is 5.73 Å². The Balaban J connectivity index is 1.52. The summed E-state index contributed by atoms with van der Waals surface area (Å²) in [7, 11) is 0. The number of amides is 1. The second-order valence-corrected chi connectivity index (χ2v) is 6.09. The van der Waals surface area contributed by atoms with Gasteiger partial charge < -0.3 is 15.7 Å². The highest BCUT2D eigenvalue weighted by molar-refractivity contribution is 5.84. The number of aromatic nitrogens is 3. The molecule has 1 amide bonds. The van der Waals surface area contributed by atoms with Crippen molar-refractivity contribution in [2.24, 2.45) is 5.73 Å². The molecule has 0 atom stereocenters. The zero-order valence-corrected chi connectivity index (χ0v) is 11.7. The van der Waals surface area contributed by atoms with E-state index in [0.29, 0.717) is 19.5 Å². The Morgan fingerprint density at radius 2 is 2.05 bits per heavy atom. The van der Waals surface area contributed by atoms with Gasteiger partial charge in [0.1, 0.15) is 0 Å². The summed E-state index contributed by atoms with van der Waals surface area (Å²) in [5.41, 5.74) is 5.81. The Morgan fingerprint density at radius 3 is 2.62 bits per heavy atom. The third-order valence-corrected chi connectivity index (χ3v) is 4.42. The van der Waals surface area contributed by atoms with Gasteiger partial charge >= 0.3 is 5.97 Å². The van der Waals surface area contributed by atoms with Gasteiger partial charge in [0.15, 0.2) is 5.69 Å². The van der Waals surface area contributed by atoms with Gasteiger partial charge in [-0.05, 0) is 12.8 Å². The zero-order valence-electron chi connectivity index (χ0n) is 11.7. The van der Waals surface area contributed by atoms with Crippen LogP contribution in [0.25, 0.3) is 0 Å². The van der Waals surface area contributed by atoms with E-state index < -0.39 is 5.97 Å². The average Bonchev–Trinajstić information content (AvgIpc) is 2.96. The van der Waals surface area contributed by atoms with Gasteiger partial charge in [-0.2, -0.15) is 0 Å². The summed E-state index contributed by atoms with van der Waals surface area (Å²) in [6.45, 7) is 1.08. The molecule has 0 bridgehead atoms. The molecule has 0 spiro atoms. The molecule has 8 heteroatoms. The first-order chi connectivity index (χ1) is 9.97. The standard InChI is InChI=1S/C13H19N5O3/c14-13(3-1-2-4-13)5-11(19)17-6-9(7-17)18-8-10(12(20)21)15-16-18/h8-9H,1-7,14H2,(H,20,21). The molecule has 21 heavy (non-hydrogen) atoms. The van der Waals surface area contributed by atoms with Gasteiger partial charge in [-0.1, -0.05) is 18.1 Å². The van der Waals surface area contributed by atoms with Gasteiger partial charge in [0, 0.05) is 25.0 Å². The quantitative estimate of drug-likeness (QED) is 0.809. The lowest BCUT2D eigenvalue weighted by molar-refractivity contribution is -0.138. The highest BCUT2D eigenvalue weighted by Crippen LogP contribution is 2.32. The molecule has 0 unspecified atom stereocenters. The molecule has 3 N–H and O–H groups in total. The summed E-state index contributed by atoms with van der Waals surface area (Å²) in [5, 5.41) is 16.2. The van der Waals surface area contributed by atoms with E-state index in [9.17, 15) is 9.59 Å². The first-order valence-corrected chi connectivity index (χ1v) is 7.19. The van der Waals surface area contributed by atoms with Crippen LogP contribution in [0, 0.1) is 0 Å². The maximum Gasteiger partial charge on any atom is 0.358 e. The summed E-state index contributed by atoms with van der Waals surface area (Å²) in [4.78, 5) is 24.7. The monoisotopic (exact) mass is 293 g/mol. The molecule has 1 aliphatic carbocycles. The Morgan fingerprint density at radius 1 is 1.38 bits per heavy atom. The molecule has 1 aliphatic heterocycles. The summed E-state index contributed by atoms with van der Waals surface area (Å²) in [6.07, 6.45) is 5.84. The van der Waals surface area contributed by atoms with Crippen molar-refractivity contribution in [3.8, 4) is 0 Å². The molecule has 1 saturated carbocycles. The summed E-state index contributed by atoms with van der Waals surface area (Å²) >= 11 is 0. The molecular formula is C13H19N5O3. The molecule has 2 fully saturated rings. The smallest absolute Gasteiger partial charge is 0.358 e. The van der Waals surface area contributed by atoms with Crippen molar-refractivity contribution in [2.75, 3.05) is 13.1 Å². The fraction of sp³-hybridized carbons (Fsp3) is 0.692. The molecule has 1 aromatic rings. The number of carboxylic acids is 1. The summed E-state index contributed by atoms with van der Waals surface area (Å²) < 4.78 is 1.51. The highest BCUT2D eigenvalue weighted by atomic mass is 16.4. The number of aromatic carboxylic acids is 1. The Bertz CT molecular complexity index is 558. The van der Waals surface area contributed by atoms with Crippen LogP contribution in [0.3, 0.4) is 0 Å². The average molecular weight is 293 g/mol. The zero-order chi connectivity index (χ0) is 15.0. The molecular weight excluding hydrogens is 274 g/mol. The molecule has 114 valence electrons. The van der Waals surface area contributed by atoms with Crippen LogP contribution in [0.2, 0.25) is 0 Å². The van der Waals surface area contributed by atoms with Crippen LogP contribution >= 0.6 is 0 Å². The second kappa shape index (κ2) is 5.10. The second-order valence-electron chi connectivity index (χ2n) is 6.09. The van der Waals surface area contributed by atoms with Gasteiger partial charge in [0.05, 0.1) is 12.2 Å². The molecule has 2 heterocycles. The van der Waals surface area contributed by atoms with E-state index in [1.807, 2.05) is 0 Å². The van der Waals surface area contributed by atoms with Gasteiger partial charge in [0.25, 0.3) is 0 Å². The maximum absolute atomic E-state index is 12.2. The summed E-state index contributed by atoms with van der Waals surface area (Å²) in [6, 6.07) is 0.00634. The first kappa shape index (κ1) is 14.0. The fourth-order valence-corrected chi connectivity index (χ4v) is 3.05. The topological polar surface area (TPSA) is 114 Å². The van der Waals surface area contributed by atoms with E-state index >= 15 is 0 Å². The minimum atomic E-state index is -1.10. The maximum atomic E-state index is 12.2. The molecule has 1 saturated heterocycles. The van der Waals surface area contributed by atoms with E-state index in [2.05, 4.69) is 10.3 Å². The third-order valence-electron chi connectivity index (χ3n) is 4.42. The number of nitrogens with two attached hydrogens (primary N) is 1. The van der Waals surface area contributed by atoms with E-state index in [1.165, 1.54) is 10.9 Å². The van der Waals surface area contributed by atoms with E-state index in [1.54, 1.807) is 4.90 Å². The lowest BCUT2D eigenvalue weighted by Crippen LogP contribution is -2.53. The van der Waals surface area contributed by atoms with Crippen molar-refractivity contribution < 1.29 is 14.7 Å². The molecule has 0 radical (unpaired) electrons. The van der Waals surface area contributed by atoms with Crippen molar-refractivity contribution in [1.29, 1.82) is 0 Å². The molecule has 8 nitrogen and oxygen atoms in total. The Kier molecular flexibility index (Phi) is 3.40. The predicted octanol–water partition coefficient (Wildman–Crippen LogP) is 0.0212. The Hall–Kier alpha value is -1.96. The molecule has 3 rings (SSSR count). The van der Waals surface area contributed by atoms with Gasteiger partial charge in [-0.15, -0.1) is 5.10 Å². The van der Waals surface area contributed by atoms with Crippen LogP contribution in [-0.2, 0) is 4.79 Å². The number of hydrogen-bond acceptors (Lipinski definition) is 5. The van der Waals surface area contributed by atoms with Crippen molar-refractivity contribution in [1.82, 2.24) is 19.9 Å². The molecule has 0 aromatic carbocycles. The van der Waals surface area contributed by atoms with Crippen molar-refractivity contribution >= 4 is 11.9 Å². The number of carbonyl (C=O) groups is 2. The van der Waals surface area contributed by atoms with Crippen molar-refractivity contribution in [3.05, 3.63) is 11.9 Å². The van der Waals surface area contributed by atoms with E-state index in [0.717, 1.165) is 25.7 Å². The van der Waals surface area contributed by atoms with E-state index in [4.69, 9.17) is 10.8 Å². The molecule has 2 aliphatic rings. The molecule has 1 aromatic heterocycles. The van der Waals surface area contributed by atoms with Crippen LogP contribution in [0.15, 0.2) is 6.20 Å². The SMILES string of the molecule is NC1(CC(=O)N2CC(n3cc(C(=O)O)nn3)C2)CCCC1. The highest BCUT2D eigenvalue weighted by Gasteiger charge is 2.38. The van der Waals surface area contributed by atoms with Gasteiger partial charge in [0.2, 0.25) is 5.91 Å². The lowest BCUT2D eigenvalue weighted by atomic mass is 9.93. The van der Waals surface area contributed by atoms with Crippen LogP contribution in [0.4, 0.5) is 0 Å². The van der Waals surface area contributed by atoms with Gasteiger partial charge in [-0.3, -0.25) is 4.79 Å². The predicted molar refractivity (Wildman–Crippen MR) is 72.6 cm³/mol. The minimum Gasteiger partial charge on any atom is -0.476 e.